The molecule has 0 spiro atoms. The minimum Gasteiger partial charge on any atom is -0.452 e. The van der Waals surface area contributed by atoms with E-state index >= 15 is 0 Å². The van der Waals surface area contributed by atoms with Gasteiger partial charge in [0, 0.05) is 17.1 Å². The van der Waals surface area contributed by atoms with Gasteiger partial charge in [-0.25, -0.2) is 9.59 Å². The summed E-state index contributed by atoms with van der Waals surface area (Å²) in [7, 11) is 0. The van der Waals surface area contributed by atoms with E-state index in [-0.39, 0.29) is 13.2 Å². The van der Waals surface area contributed by atoms with E-state index in [4.69, 9.17) is 9.47 Å². The first-order valence-electron chi connectivity index (χ1n) is 9.33. The van der Waals surface area contributed by atoms with E-state index < -0.39 is 23.6 Å². The van der Waals surface area contributed by atoms with Crippen LogP contribution in [0.3, 0.4) is 0 Å². The molecule has 30 heavy (non-hydrogen) atoms. The van der Waals surface area contributed by atoms with Crippen LogP contribution in [0, 0.1) is 0 Å². The smallest absolute Gasteiger partial charge is 0.407 e. The molecule has 0 saturated heterocycles. The summed E-state index contributed by atoms with van der Waals surface area (Å²) in [5.74, 6) is -1.02. The number of rotatable bonds is 7. The molecule has 0 aliphatic carbocycles. The van der Waals surface area contributed by atoms with E-state index in [1.165, 1.54) is 0 Å². The van der Waals surface area contributed by atoms with Gasteiger partial charge in [-0.05, 0) is 62.9 Å². The van der Waals surface area contributed by atoms with Gasteiger partial charge in [-0.3, -0.25) is 4.79 Å². The lowest BCUT2D eigenvalue weighted by Gasteiger charge is -2.19. The molecule has 0 fully saturated rings. The molecule has 7 nitrogen and oxygen atoms in total. The Labute approximate surface area is 180 Å². The Bertz CT molecular complexity index is 891. The topological polar surface area (TPSA) is 93.7 Å². The number of alkyl carbamates (subject to hydrolysis) is 1. The van der Waals surface area contributed by atoms with Gasteiger partial charge in [0.15, 0.2) is 6.61 Å². The highest BCUT2D eigenvalue weighted by molar-refractivity contribution is 7.98. The van der Waals surface area contributed by atoms with Gasteiger partial charge in [0.25, 0.3) is 5.91 Å². The molecule has 2 amide bonds. The molecular formula is C22H26N2O5S. The third kappa shape index (κ3) is 8.16. The number of anilines is 1. The zero-order chi connectivity index (χ0) is 22.1. The van der Waals surface area contributed by atoms with Crippen molar-refractivity contribution in [2.45, 2.75) is 37.8 Å². The van der Waals surface area contributed by atoms with Gasteiger partial charge >= 0.3 is 12.1 Å². The lowest BCUT2D eigenvalue weighted by molar-refractivity contribution is -0.119. The van der Waals surface area contributed by atoms with Gasteiger partial charge in [-0.1, -0.05) is 18.2 Å². The number of nitrogens with one attached hydrogen (secondary N) is 2. The van der Waals surface area contributed by atoms with Crippen molar-refractivity contribution in [1.82, 2.24) is 5.32 Å². The highest BCUT2D eigenvalue weighted by Gasteiger charge is 2.16. The second kappa shape index (κ2) is 10.7. The normalized spacial score (nSPS) is 10.8. The maximum absolute atomic E-state index is 12.1. The molecule has 160 valence electrons. The van der Waals surface area contributed by atoms with E-state index in [0.29, 0.717) is 11.3 Å². The third-order valence-electron chi connectivity index (χ3n) is 3.71. The molecule has 0 aromatic heterocycles. The number of amides is 2. The summed E-state index contributed by atoms with van der Waals surface area (Å²) in [6.07, 6.45) is 1.43. The Morgan fingerprint density at radius 1 is 1.03 bits per heavy atom. The molecule has 0 bridgehead atoms. The van der Waals surface area contributed by atoms with Crippen LogP contribution >= 0.6 is 11.8 Å². The first-order valence-corrected chi connectivity index (χ1v) is 10.6. The van der Waals surface area contributed by atoms with E-state index in [9.17, 15) is 14.4 Å². The number of benzene rings is 2. The van der Waals surface area contributed by atoms with Crippen LogP contribution in [0.4, 0.5) is 10.5 Å². The van der Waals surface area contributed by atoms with Crippen LogP contribution in [0.2, 0.25) is 0 Å². The Hall–Kier alpha value is -3.00. The van der Waals surface area contributed by atoms with Crippen molar-refractivity contribution in [2.75, 3.05) is 18.2 Å². The van der Waals surface area contributed by atoms with Crippen molar-refractivity contribution >= 4 is 35.4 Å². The van der Waals surface area contributed by atoms with Crippen LogP contribution in [-0.4, -0.2) is 36.4 Å². The highest BCUT2D eigenvalue weighted by Crippen LogP contribution is 2.18. The zero-order valence-corrected chi connectivity index (χ0v) is 18.3. The van der Waals surface area contributed by atoms with Gasteiger partial charge in [-0.15, -0.1) is 11.8 Å². The molecule has 0 atom stereocenters. The Morgan fingerprint density at radius 2 is 1.73 bits per heavy atom. The molecule has 8 heteroatoms. The summed E-state index contributed by atoms with van der Waals surface area (Å²) in [6, 6.07) is 13.9. The van der Waals surface area contributed by atoms with Crippen LogP contribution < -0.4 is 10.6 Å². The first kappa shape index (κ1) is 23.3. The summed E-state index contributed by atoms with van der Waals surface area (Å²) < 4.78 is 10.2. The van der Waals surface area contributed by atoms with Crippen molar-refractivity contribution in [3.8, 4) is 0 Å². The second-order valence-corrected chi connectivity index (χ2v) is 8.29. The fourth-order valence-electron chi connectivity index (χ4n) is 2.36. The van der Waals surface area contributed by atoms with Crippen molar-refractivity contribution in [3.05, 3.63) is 59.7 Å². The summed E-state index contributed by atoms with van der Waals surface area (Å²) in [6.45, 7) is 5.24. The lowest BCUT2D eigenvalue weighted by atomic mass is 10.1. The second-order valence-electron chi connectivity index (χ2n) is 7.41. The van der Waals surface area contributed by atoms with Crippen molar-refractivity contribution < 1.29 is 23.9 Å². The van der Waals surface area contributed by atoms with Crippen LogP contribution in [0.5, 0.6) is 0 Å². The molecule has 2 rings (SSSR count). The first-order chi connectivity index (χ1) is 14.2. The Morgan fingerprint density at radius 3 is 2.37 bits per heavy atom. The summed E-state index contributed by atoms with van der Waals surface area (Å²) >= 11 is 1.57. The van der Waals surface area contributed by atoms with E-state index in [1.54, 1.807) is 62.9 Å². The molecule has 0 aliphatic heterocycles. The minimum absolute atomic E-state index is 0.266. The third-order valence-corrected chi connectivity index (χ3v) is 4.44. The number of esters is 1. The fraction of sp³-hybridized carbons (Fsp3) is 0.318. The van der Waals surface area contributed by atoms with E-state index in [0.717, 1.165) is 10.5 Å². The average molecular weight is 431 g/mol. The van der Waals surface area contributed by atoms with Crippen LogP contribution in [0.15, 0.2) is 53.4 Å². The summed E-state index contributed by atoms with van der Waals surface area (Å²) in [4.78, 5) is 36.8. The van der Waals surface area contributed by atoms with Gasteiger partial charge in [-0.2, -0.15) is 0 Å². The van der Waals surface area contributed by atoms with E-state index in [1.807, 2.05) is 24.5 Å². The van der Waals surface area contributed by atoms with Gasteiger partial charge in [0.05, 0.1) is 5.56 Å². The maximum Gasteiger partial charge on any atom is 0.407 e. The molecule has 2 aromatic carbocycles. The highest BCUT2D eigenvalue weighted by atomic mass is 32.2. The van der Waals surface area contributed by atoms with Crippen LogP contribution in [0.25, 0.3) is 0 Å². The van der Waals surface area contributed by atoms with Crippen LogP contribution in [0.1, 0.15) is 36.7 Å². The average Bonchev–Trinajstić information content (AvgIpc) is 2.69. The number of ether oxygens (including phenoxy) is 2. The number of thioether (sulfide) groups is 1. The molecular weight excluding hydrogens is 404 g/mol. The number of hydrogen-bond donors (Lipinski definition) is 2. The van der Waals surface area contributed by atoms with E-state index in [2.05, 4.69) is 10.6 Å². The van der Waals surface area contributed by atoms with Crippen molar-refractivity contribution in [3.63, 3.8) is 0 Å². The van der Waals surface area contributed by atoms with Crippen molar-refractivity contribution in [2.24, 2.45) is 0 Å². The summed E-state index contributed by atoms with van der Waals surface area (Å²) in [5, 5.41) is 5.34. The van der Waals surface area contributed by atoms with Crippen molar-refractivity contribution in [1.29, 1.82) is 0 Å². The van der Waals surface area contributed by atoms with Crippen LogP contribution in [-0.2, 0) is 20.8 Å². The van der Waals surface area contributed by atoms with Gasteiger partial charge in [0.2, 0.25) is 0 Å². The maximum atomic E-state index is 12.1. The van der Waals surface area contributed by atoms with Gasteiger partial charge in [0.1, 0.15) is 5.60 Å². The number of hydrogen-bond acceptors (Lipinski definition) is 6. The lowest BCUT2D eigenvalue weighted by Crippen LogP contribution is -2.32. The molecule has 0 saturated carbocycles. The van der Waals surface area contributed by atoms with Gasteiger partial charge < -0.3 is 20.1 Å². The predicted octanol–water partition coefficient (Wildman–Crippen LogP) is 4.23. The largest absolute Gasteiger partial charge is 0.452 e. The molecule has 0 unspecified atom stereocenters. The summed E-state index contributed by atoms with van der Waals surface area (Å²) in [5.41, 5.74) is 1.18. The fourth-order valence-corrected chi connectivity index (χ4v) is 2.82. The molecule has 2 aromatic rings. The standard InChI is InChI=1S/C22H26N2O5S/c1-22(2,3)29-21(27)23-13-15-8-10-16(11-9-15)20(26)28-14-19(25)24-17-6-5-7-18(12-17)30-4/h5-12H,13-14H2,1-4H3,(H,23,27)(H,24,25). The molecule has 0 radical (unpaired) electrons. The number of carbonyl (C=O) groups is 3. The Balaban J connectivity index is 1.80. The molecule has 0 aliphatic rings. The Kier molecular flexibility index (Phi) is 8.29. The predicted molar refractivity (Wildman–Crippen MR) is 117 cm³/mol. The molecule has 2 N–H and O–H groups in total. The zero-order valence-electron chi connectivity index (χ0n) is 17.5. The number of carbonyl (C=O) groups excluding carboxylic acids is 3. The molecule has 0 heterocycles. The SMILES string of the molecule is CSc1cccc(NC(=O)COC(=O)c2ccc(CNC(=O)OC(C)(C)C)cc2)c1. The monoisotopic (exact) mass is 430 g/mol. The quantitative estimate of drug-likeness (QED) is 0.504. The minimum atomic E-state index is -0.602.